The van der Waals surface area contributed by atoms with E-state index in [1.807, 2.05) is 12.1 Å². The molecular formula is C12H16N2O2S. The van der Waals surface area contributed by atoms with Gasteiger partial charge in [0.15, 0.2) is 5.13 Å². The van der Waals surface area contributed by atoms with E-state index in [0.29, 0.717) is 6.04 Å². The molecule has 2 rings (SSSR count). The van der Waals surface area contributed by atoms with Crippen LogP contribution >= 0.6 is 11.3 Å². The Balaban J connectivity index is 2.50. The maximum absolute atomic E-state index is 5.32. The van der Waals surface area contributed by atoms with Crippen molar-refractivity contribution in [1.29, 1.82) is 0 Å². The predicted molar refractivity (Wildman–Crippen MR) is 71.5 cm³/mol. The molecule has 0 aliphatic carbocycles. The number of thiazole rings is 1. The van der Waals surface area contributed by atoms with Crippen molar-refractivity contribution >= 4 is 26.7 Å². The van der Waals surface area contributed by atoms with Gasteiger partial charge in [-0.3, -0.25) is 0 Å². The molecule has 0 spiro atoms. The summed E-state index contributed by atoms with van der Waals surface area (Å²) in [4.78, 5) is 4.53. The molecule has 0 fully saturated rings. The monoisotopic (exact) mass is 252 g/mol. The van der Waals surface area contributed by atoms with Crippen molar-refractivity contribution in [3.05, 3.63) is 12.1 Å². The van der Waals surface area contributed by atoms with Gasteiger partial charge in [0.1, 0.15) is 17.0 Å². The standard InChI is InChI=1S/C12H16N2O2S/c1-7(2)13-12-14-11-9(16-4)5-8(15-3)6-10(11)17-12/h5-7H,1-4H3,(H,13,14). The molecule has 1 N–H and O–H groups in total. The highest BCUT2D eigenvalue weighted by atomic mass is 32.1. The van der Waals surface area contributed by atoms with Crippen molar-refractivity contribution in [3.8, 4) is 11.5 Å². The van der Waals surface area contributed by atoms with Crippen LogP contribution in [0.25, 0.3) is 10.2 Å². The molecule has 1 heterocycles. The van der Waals surface area contributed by atoms with Gasteiger partial charge in [0, 0.05) is 12.1 Å². The number of benzene rings is 1. The first-order valence-electron chi connectivity index (χ1n) is 5.43. The van der Waals surface area contributed by atoms with Gasteiger partial charge in [0.25, 0.3) is 0 Å². The number of nitrogens with zero attached hydrogens (tertiary/aromatic N) is 1. The van der Waals surface area contributed by atoms with Crippen molar-refractivity contribution in [2.45, 2.75) is 19.9 Å². The summed E-state index contributed by atoms with van der Waals surface area (Å²) in [5.74, 6) is 1.53. The molecule has 0 aliphatic rings. The second kappa shape index (κ2) is 4.79. The minimum atomic E-state index is 0.364. The topological polar surface area (TPSA) is 43.4 Å². The number of rotatable bonds is 4. The van der Waals surface area contributed by atoms with Crippen LogP contribution in [0.15, 0.2) is 12.1 Å². The molecule has 0 bridgehead atoms. The predicted octanol–water partition coefficient (Wildman–Crippen LogP) is 3.13. The summed E-state index contributed by atoms with van der Waals surface area (Å²) in [6.45, 7) is 4.17. The lowest BCUT2D eigenvalue weighted by atomic mass is 10.3. The van der Waals surface area contributed by atoms with Gasteiger partial charge in [-0.05, 0) is 19.9 Å². The van der Waals surface area contributed by atoms with Crippen LogP contribution in [0.3, 0.4) is 0 Å². The number of ether oxygens (including phenoxy) is 2. The zero-order chi connectivity index (χ0) is 12.4. The van der Waals surface area contributed by atoms with Gasteiger partial charge < -0.3 is 14.8 Å². The Kier molecular flexibility index (Phi) is 3.38. The highest BCUT2D eigenvalue weighted by molar-refractivity contribution is 7.22. The number of methoxy groups -OCH3 is 2. The molecule has 5 heteroatoms. The Morgan fingerprint density at radius 1 is 1.24 bits per heavy atom. The van der Waals surface area contributed by atoms with Crippen LogP contribution in [0.2, 0.25) is 0 Å². The highest BCUT2D eigenvalue weighted by Crippen LogP contribution is 2.36. The van der Waals surface area contributed by atoms with Gasteiger partial charge in [-0.15, -0.1) is 0 Å². The van der Waals surface area contributed by atoms with Crippen LogP contribution in [0.5, 0.6) is 11.5 Å². The van der Waals surface area contributed by atoms with E-state index in [9.17, 15) is 0 Å². The molecule has 0 amide bonds. The maximum Gasteiger partial charge on any atom is 0.184 e. The first-order chi connectivity index (χ1) is 8.13. The first kappa shape index (κ1) is 12.0. The molecule has 0 unspecified atom stereocenters. The normalized spacial score (nSPS) is 10.9. The van der Waals surface area contributed by atoms with Crippen molar-refractivity contribution in [2.24, 2.45) is 0 Å². The fraction of sp³-hybridized carbons (Fsp3) is 0.417. The number of hydrogen-bond acceptors (Lipinski definition) is 5. The Bertz CT molecular complexity index is 522. The smallest absolute Gasteiger partial charge is 0.184 e. The van der Waals surface area contributed by atoms with Gasteiger partial charge in [0.2, 0.25) is 0 Å². The van der Waals surface area contributed by atoms with Crippen molar-refractivity contribution in [2.75, 3.05) is 19.5 Å². The van der Waals surface area contributed by atoms with E-state index in [-0.39, 0.29) is 0 Å². The van der Waals surface area contributed by atoms with E-state index < -0.39 is 0 Å². The quantitative estimate of drug-likeness (QED) is 0.908. The van der Waals surface area contributed by atoms with Gasteiger partial charge in [0.05, 0.1) is 18.9 Å². The molecule has 0 atom stereocenters. The van der Waals surface area contributed by atoms with Crippen molar-refractivity contribution in [1.82, 2.24) is 4.98 Å². The Labute approximate surface area is 105 Å². The SMILES string of the molecule is COc1cc(OC)c2nc(NC(C)C)sc2c1. The zero-order valence-corrected chi connectivity index (χ0v) is 11.2. The zero-order valence-electron chi connectivity index (χ0n) is 10.4. The lowest BCUT2D eigenvalue weighted by Crippen LogP contribution is -2.08. The molecule has 92 valence electrons. The van der Waals surface area contributed by atoms with E-state index in [1.165, 1.54) is 0 Å². The second-order valence-corrected chi connectivity index (χ2v) is 5.03. The van der Waals surface area contributed by atoms with Crippen LogP contribution in [0.4, 0.5) is 5.13 Å². The first-order valence-corrected chi connectivity index (χ1v) is 6.24. The van der Waals surface area contributed by atoms with Gasteiger partial charge in [-0.2, -0.15) is 0 Å². The minimum absolute atomic E-state index is 0.364. The van der Waals surface area contributed by atoms with Crippen molar-refractivity contribution < 1.29 is 9.47 Å². The van der Waals surface area contributed by atoms with Crippen molar-refractivity contribution in [3.63, 3.8) is 0 Å². The van der Waals surface area contributed by atoms with Gasteiger partial charge >= 0.3 is 0 Å². The highest BCUT2D eigenvalue weighted by Gasteiger charge is 2.11. The third-order valence-electron chi connectivity index (χ3n) is 2.30. The summed E-state index contributed by atoms with van der Waals surface area (Å²) in [5.41, 5.74) is 0.876. The molecule has 17 heavy (non-hydrogen) atoms. The number of anilines is 1. The molecule has 0 saturated carbocycles. The van der Waals surface area contributed by atoms with E-state index in [1.54, 1.807) is 25.6 Å². The summed E-state index contributed by atoms with van der Waals surface area (Å²) in [6, 6.07) is 4.19. The van der Waals surface area contributed by atoms with Crippen LogP contribution in [0, 0.1) is 0 Å². The largest absolute Gasteiger partial charge is 0.497 e. The summed E-state index contributed by atoms with van der Waals surface area (Å²) in [6.07, 6.45) is 0. The molecular weight excluding hydrogens is 236 g/mol. The van der Waals surface area contributed by atoms with Crippen LogP contribution in [-0.4, -0.2) is 25.2 Å². The summed E-state index contributed by atoms with van der Waals surface area (Å²) < 4.78 is 11.6. The second-order valence-electron chi connectivity index (χ2n) is 3.99. The average molecular weight is 252 g/mol. The van der Waals surface area contributed by atoms with Crippen LogP contribution in [-0.2, 0) is 0 Å². The fourth-order valence-corrected chi connectivity index (χ4v) is 2.61. The lowest BCUT2D eigenvalue weighted by molar-refractivity contribution is 0.397. The average Bonchev–Trinajstić information content (AvgIpc) is 2.68. The van der Waals surface area contributed by atoms with E-state index in [2.05, 4.69) is 24.1 Å². The van der Waals surface area contributed by atoms with E-state index >= 15 is 0 Å². The summed E-state index contributed by atoms with van der Waals surface area (Å²) >= 11 is 1.60. The Morgan fingerprint density at radius 2 is 2.00 bits per heavy atom. The number of fused-ring (bicyclic) bond motifs is 1. The molecule has 0 saturated heterocycles. The van der Waals surface area contributed by atoms with Crippen LogP contribution < -0.4 is 14.8 Å². The molecule has 1 aromatic carbocycles. The number of aromatic nitrogens is 1. The molecule has 0 aliphatic heterocycles. The van der Waals surface area contributed by atoms with E-state index in [0.717, 1.165) is 26.8 Å². The molecule has 4 nitrogen and oxygen atoms in total. The molecule has 0 radical (unpaired) electrons. The third-order valence-corrected chi connectivity index (χ3v) is 3.23. The van der Waals surface area contributed by atoms with E-state index in [4.69, 9.17) is 9.47 Å². The Morgan fingerprint density at radius 3 is 2.59 bits per heavy atom. The molecule has 2 aromatic rings. The maximum atomic E-state index is 5.32. The summed E-state index contributed by atoms with van der Waals surface area (Å²) in [5, 5.41) is 4.20. The minimum Gasteiger partial charge on any atom is -0.497 e. The van der Waals surface area contributed by atoms with Gasteiger partial charge in [-0.1, -0.05) is 11.3 Å². The Hall–Kier alpha value is -1.49. The lowest BCUT2D eigenvalue weighted by Gasteiger charge is -2.04. The van der Waals surface area contributed by atoms with Crippen LogP contribution in [0.1, 0.15) is 13.8 Å². The fourth-order valence-electron chi connectivity index (χ4n) is 1.56. The third kappa shape index (κ3) is 2.44. The number of nitrogens with one attached hydrogen (secondary N) is 1. The summed E-state index contributed by atoms with van der Waals surface area (Å²) in [7, 11) is 3.29. The number of hydrogen-bond donors (Lipinski definition) is 1. The molecule has 1 aromatic heterocycles. The van der Waals surface area contributed by atoms with Gasteiger partial charge in [-0.25, -0.2) is 4.98 Å².